The average molecular weight is 1030 g/mol. The third kappa shape index (κ3) is 12.8. The Morgan fingerprint density at radius 2 is 0.984 bits per heavy atom. The first-order chi connectivity index (χ1) is 28.9. The largest absolute Gasteiger partial charge is 0.743 e. The predicted molar refractivity (Wildman–Crippen MR) is 223 cm³/mol. The first-order valence-electron chi connectivity index (χ1n) is 20.2. The van der Waals surface area contributed by atoms with Gasteiger partial charge in [0.05, 0.1) is 42.0 Å². The van der Waals surface area contributed by atoms with Gasteiger partial charge in [0.15, 0.2) is 20.2 Å². The van der Waals surface area contributed by atoms with E-state index in [0.717, 1.165) is 4.90 Å². The Labute approximate surface area is 377 Å². The van der Waals surface area contributed by atoms with Crippen molar-refractivity contribution in [2.24, 2.45) is 33.5 Å². The van der Waals surface area contributed by atoms with Gasteiger partial charge in [0, 0.05) is 12.8 Å². The molecule has 4 bridgehead atoms. The molecule has 5 rings (SSSR count). The van der Waals surface area contributed by atoms with Gasteiger partial charge in [-0.2, -0.15) is 34.4 Å². The zero-order valence-corrected chi connectivity index (χ0v) is 40.8. The lowest BCUT2D eigenvalue weighted by Crippen LogP contribution is -3.11. The molecule has 0 spiro atoms. The van der Waals surface area contributed by atoms with E-state index in [1.54, 1.807) is 32.6 Å². The normalized spacial score (nSPS) is 26.0. The molecule has 0 radical (unpaired) electrons. The number of halogens is 6. The molecule has 372 valence electrons. The monoisotopic (exact) mass is 1030 g/mol. The lowest BCUT2D eigenvalue weighted by molar-refractivity contribution is -0.894. The van der Waals surface area contributed by atoms with Crippen molar-refractivity contribution in [2.45, 2.75) is 115 Å². The number of Topliss-reactive ketones (excluding diaryl/α,β-unsaturated/α-hetero) is 2. The van der Waals surface area contributed by atoms with Crippen LogP contribution in [0.25, 0.3) is 0 Å². The molecule has 6 atom stereocenters. The van der Waals surface area contributed by atoms with E-state index < -0.39 is 110 Å². The highest BCUT2D eigenvalue weighted by Gasteiger charge is 2.67. The van der Waals surface area contributed by atoms with Crippen LogP contribution in [0.4, 0.5) is 26.3 Å². The van der Waals surface area contributed by atoms with Crippen LogP contribution in [0.15, 0.2) is 35.2 Å². The van der Waals surface area contributed by atoms with Crippen molar-refractivity contribution in [3.63, 3.8) is 0 Å². The van der Waals surface area contributed by atoms with E-state index in [1.165, 1.54) is 19.6 Å². The minimum atomic E-state index is -6.32. The van der Waals surface area contributed by atoms with Crippen LogP contribution >= 0.6 is 0 Å². The molecule has 0 aliphatic heterocycles. The van der Waals surface area contributed by atoms with Crippen molar-refractivity contribution in [2.75, 3.05) is 44.4 Å². The molecule has 15 nitrogen and oxygen atoms in total. The summed E-state index contributed by atoms with van der Waals surface area (Å²) in [6.07, 6.45) is -5.04. The summed E-state index contributed by atoms with van der Waals surface area (Å²) in [4.78, 5) is 27.3. The number of hydrogen-bond acceptors (Lipinski definition) is 14. The van der Waals surface area contributed by atoms with E-state index in [1.807, 2.05) is 30.3 Å². The van der Waals surface area contributed by atoms with E-state index in [2.05, 4.69) is 41.8 Å². The molecular weight excluding hydrogens is 969 g/mol. The zero-order valence-electron chi connectivity index (χ0n) is 36.5. The number of carbonyl (C=O) groups excluding carboxylic acids is 2. The van der Waals surface area contributed by atoms with Crippen molar-refractivity contribution in [1.82, 2.24) is 0 Å². The fourth-order valence-electron chi connectivity index (χ4n) is 8.93. The number of carbonyl (C=O) groups is 2. The number of rotatable bonds is 17. The van der Waals surface area contributed by atoms with Crippen LogP contribution in [0.1, 0.15) is 87.0 Å². The maximum Gasteiger partial charge on any atom is 0.367 e. The van der Waals surface area contributed by atoms with Gasteiger partial charge >= 0.3 is 10.5 Å². The van der Waals surface area contributed by atoms with Gasteiger partial charge in [0.2, 0.25) is 12.3 Å². The molecule has 4 aliphatic rings. The highest BCUT2D eigenvalue weighted by molar-refractivity contribution is 7.87. The molecule has 6 unspecified atom stereocenters. The van der Waals surface area contributed by atoms with Crippen LogP contribution < -0.4 is 4.90 Å². The average Bonchev–Trinajstić information content (AvgIpc) is 3.70. The minimum absolute atomic E-state index is 0.000867. The molecule has 4 aliphatic carbocycles. The van der Waals surface area contributed by atoms with Gasteiger partial charge in [-0.1, -0.05) is 45.9 Å². The summed E-state index contributed by atoms with van der Waals surface area (Å²) in [6, 6.07) is 9.96. The molecule has 4 fully saturated rings. The second-order valence-corrected chi connectivity index (χ2v) is 24.2. The van der Waals surface area contributed by atoms with Crippen molar-refractivity contribution in [3.05, 3.63) is 30.3 Å². The summed E-state index contributed by atoms with van der Waals surface area (Å²) < 4.78 is 197. The van der Waals surface area contributed by atoms with Crippen LogP contribution in [0.2, 0.25) is 0 Å². The Morgan fingerprint density at radius 1 is 0.672 bits per heavy atom. The summed E-state index contributed by atoms with van der Waals surface area (Å²) in [7, 11) is -21.8. The van der Waals surface area contributed by atoms with Gasteiger partial charge in [0.1, 0.15) is 29.7 Å². The van der Waals surface area contributed by atoms with E-state index in [4.69, 9.17) is 0 Å². The Balaban J connectivity index is 0.000000338. The number of nitrogens with one attached hydrogen (secondary N) is 1. The molecular formula is C38H59F6NO14S5. The molecule has 0 aromatic heterocycles. The third-order valence-electron chi connectivity index (χ3n) is 13.6. The predicted octanol–water partition coefficient (Wildman–Crippen LogP) is 3.40. The fraction of sp³-hybridized carbons (Fsp3) is 0.789. The molecule has 26 heteroatoms. The second-order valence-electron chi connectivity index (χ2n) is 17.5. The first-order valence-corrected chi connectivity index (χ1v) is 26.7. The van der Waals surface area contributed by atoms with Crippen molar-refractivity contribution in [1.29, 1.82) is 0 Å². The Kier molecular flexibility index (Phi) is 19.3. The molecule has 4 saturated carbocycles. The third-order valence-corrected chi connectivity index (χ3v) is 18.4. The highest BCUT2D eigenvalue weighted by Crippen LogP contribution is 2.65. The van der Waals surface area contributed by atoms with E-state index in [-0.39, 0.29) is 49.1 Å². The molecule has 0 amide bonds. The summed E-state index contributed by atoms with van der Waals surface area (Å²) in [5, 5.41) is -10.6. The molecule has 0 heterocycles. The lowest BCUT2D eigenvalue weighted by atomic mass is 9.70. The van der Waals surface area contributed by atoms with Crippen LogP contribution in [-0.4, -0.2) is 122 Å². The first kappa shape index (κ1) is 58.2. The van der Waals surface area contributed by atoms with Crippen molar-refractivity contribution < 1.29 is 92.0 Å². The number of quaternary nitrogens is 1. The van der Waals surface area contributed by atoms with Crippen molar-refractivity contribution in [3.8, 4) is 0 Å². The summed E-state index contributed by atoms with van der Waals surface area (Å²) in [5.41, 5.74) is -3.76. The SMILES string of the molecule is CC1(C)C2CCC1(CS(=O)(=O)OCC(F)C(F)(F)S(=O)(=O)[O-])C(=O)C2.CC1(C)C2CCC1(CS(=O)(=O)OCC(F)C(F)(F)S(=O)(=O)[O-])C(=O)C2.CC[NH+](CC)CC.[SH2+]c1ccccc1. The molecule has 1 N–H and O–H groups in total. The van der Waals surface area contributed by atoms with Gasteiger partial charge < -0.3 is 14.0 Å². The highest BCUT2D eigenvalue weighted by atomic mass is 32.2. The van der Waals surface area contributed by atoms with Crippen LogP contribution in [0.3, 0.4) is 0 Å². The fourth-order valence-corrected chi connectivity index (χ4v) is 13.3. The van der Waals surface area contributed by atoms with E-state index >= 15 is 0 Å². The molecule has 0 saturated heterocycles. The standard InChI is InChI=1S/2C13H19F3O7S2.C6H15N.C6H6S/c2*1-11(2)8-3-4-12(11,10(17)5-8)7-24(18,19)23-6-9(14)13(15,16)25(20,21)22;1-4-7(5-2)6-3;7-6-4-2-1-3-5-6/h2*8-9H,3-7H2,1-2H3,(H,20,21,22);4-6H2,1-3H3;1-5,7H. The van der Waals surface area contributed by atoms with E-state index in [0.29, 0.717) is 12.8 Å². The minimum Gasteiger partial charge on any atom is -0.743 e. The second kappa shape index (κ2) is 21.2. The van der Waals surface area contributed by atoms with Gasteiger partial charge in [-0.15, -0.1) is 0 Å². The van der Waals surface area contributed by atoms with Crippen LogP contribution in [-0.2, 0) is 71.1 Å². The van der Waals surface area contributed by atoms with Gasteiger partial charge in [0.25, 0.3) is 20.2 Å². The summed E-state index contributed by atoms with van der Waals surface area (Å²) in [5.74, 6) is -2.15. The topological polar surface area (TPSA) is 240 Å². The van der Waals surface area contributed by atoms with Crippen LogP contribution in [0, 0.1) is 33.5 Å². The Morgan fingerprint density at radius 3 is 1.17 bits per heavy atom. The van der Waals surface area contributed by atoms with E-state index in [9.17, 15) is 78.7 Å². The molecule has 64 heavy (non-hydrogen) atoms. The van der Waals surface area contributed by atoms with Gasteiger partial charge in [-0.25, -0.2) is 25.6 Å². The van der Waals surface area contributed by atoms with Crippen molar-refractivity contribution >= 4 is 64.7 Å². The lowest BCUT2D eigenvalue weighted by Gasteiger charge is -2.35. The smallest absolute Gasteiger partial charge is 0.367 e. The van der Waals surface area contributed by atoms with Crippen LogP contribution in [0.5, 0.6) is 0 Å². The molecule has 1 aromatic rings. The Hall–Kier alpha value is -1.91. The quantitative estimate of drug-likeness (QED) is 0.102. The van der Waals surface area contributed by atoms with Gasteiger partial charge in [-0.05, 0) is 93.9 Å². The number of alkyl halides is 6. The maximum atomic E-state index is 13.3. The molecule has 1 aromatic carbocycles. The van der Waals surface area contributed by atoms with Gasteiger partial charge in [-0.3, -0.25) is 18.0 Å². The maximum absolute atomic E-state index is 13.3. The zero-order chi connectivity index (χ0) is 49.8. The number of hydrogen-bond donors (Lipinski definition) is 1. The summed E-state index contributed by atoms with van der Waals surface area (Å²) in [6.45, 7) is 13.8. The number of ketones is 2. The number of benzene rings is 1. The Bertz CT molecular complexity index is 2090. The number of fused-ring (bicyclic) bond motifs is 4. The summed E-state index contributed by atoms with van der Waals surface area (Å²) >= 11 is 3.36.